The van der Waals surface area contributed by atoms with Gasteiger partial charge in [-0.1, -0.05) is 0 Å². The van der Waals surface area contributed by atoms with Crippen LogP contribution in [0.2, 0.25) is 0 Å². The lowest BCUT2D eigenvalue weighted by atomic mass is 10.1. The zero-order valence-corrected chi connectivity index (χ0v) is 13.0. The molecule has 2 aromatic carbocycles. The molecule has 1 fully saturated rings. The minimum absolute atomic E-state index is 0.346. The van der Waals surface area contributed by atoms with Crippen LogP contribution in [0.1, 0.15) is 29.2 Å². The number of rotatable bonds is 4. The third-order valence-electron chi connectivity index (χ3n) is 3.96. The van der Waals surface area contributed by atoms with Gasteiger partial charge in [-0.15, -0.1) is 5.10 Å². The second-order valence-electron chi connectivity index (χ2n) is 5.83. The van der Waals surface area contributed by atoms with Crippen LogP contribution in [0, 0.1) is 11.6 Å². The Morgan fingerprint density at radius 1 is 1.12 bits per heavy atom. The summed E-state index contributed by atoms with van der Waals surface area (Å²) in [5, 5.41) is 14.3. The third-order valence-corrected chi connectivity index (χ3v) is 3.96. The average Bonchev–Trinajstić information content (AvgIpc) is 3.34. The number of nitrogens with zero attached hydrogens (tertiary/aromatic N) is 4. The molecule has 4 rings (SSSR count). The summed E-state index contributed by atoms with van der Waals surface area (Å²) < 4.78 is 28.6. The van der Waals surface area contributed by atoms with E-state index in [0.717, 1.165) is 36.6 Å². The molecule has 1 heterocycles. The lowest BCUT2D eigenvalue weighted by molar-refractivity contribution is 0.102. The van der Waals surface area contributed by atoms with Gasteiger partial charge in [-0.05, 0) is 65.7 Å². The molecular weight excluding hydrogens is 328 g/mol. The van der Waals surface area contributed by atoms with Gasteiger partial charge in [-0.2, -0.15) is 0 Å². The maximum absolute atomic E-state index is 13.6. The molecule has 0 atom stereocenters. The normalized spacial score (nSPS) is 13.7. The smallest absolute Gasteiger partial charge is 0.258 e. The van der Waals surface area contributed by atoms with E-state index in [1.807, 2.05) is 0 Å². The topological polar surface area (TPSA) is 72.7 Å². The molecule has 0 saturated heterocycles. The van der Waals surface area contributed by atoms with Crippen LogP contribution in [0.25, 0.3) is 11.4 Å². The maximum atomic E-state index is 13.6. The first-order chi connectivity index (χ1) is 12.1. The monoisotopic (exact) mass is 341 g/mol. The number of aromatic nitrogens is 4. The van der Waals surface area contributed by atoms with Crippen LogP contribution < -0.4 is 5.32 Å². The van der Waals surface area contributed by atoms with Gasteiger partial charge in [0.15, 0.2) is 5.82 Å². The minimum atomic E-state index is -0.779. The summed E-state index contributed by atoms with van der Waals surface area (Å²) in [6.07, 6.45) is 2.12. The number of halogens is 2. The summed E-state index contributed by atoms with van der Waals surface area (Å²) in [5.74, 6) is -1.50. The lowest BCUT2D eigenvalue weighted by Crippen LogP contribution is -2.14. The number of benzene rings is 2. The number of amides is 1. The highest BCUT2D eigenvalue weighted by Gasteiger charge is 2.28. The van der Waals surface area contributed by atoms with E-state index in [1.165, 1.54) is 0 Å². The Bertz CT molecular complexity index is 934. The van der Waals surface area contributed by atoms with Crippen LogP contribution in [0.15, 0.2) is 42.5 Å². The number of nitrogens with one attached hydrogen (secondary N) is 1. The summed E-state index contributed by atoms with van der Waals surface area (Å²) in [4.78, 5) is 12.1. The van der Waals surface area contributed by atoms with Crippen LogP contribution in [0.3, 0.4) is 0 Å². The zero-order chi connectivity index (χ0) is 17.4. The Hall–Kier alpha value is -3.16. The van der Waals surface area contributed by atoms with Gasteiger partial charge in [-0.25, -0.2) is 13.5 Å². The van der Waals surface area contributed by atoms with Crippen LogP contribution in [0.4, 0.5) is 14.5 Å². The van der Waals surface area contributed by atoms with Gasteiger partial charge in [0, 0.05) is 11.3 Å². The minimum Gasteiger partial charge on any atom is -0.322 e. The molecule has 126 valence electrons. The van der Waals surface area contributed by atoms with Crippen molar-refractivity contribution in [1.29, 1.82) is 0 Å². The van der Waals surface area contributed by atoms with Crippen LogP contribution in [-0.4, -0.2) is 26.1 Å². The number of hydrogen-bond acceptors (Lipinski definition) is 4. The van der Waals surface area contributed by atoms with Gasteiger partial charge in [0.1, 0.15) is 11.6 Å². The number of anilines is 1. The number of hydrogen-bond donors (Lipinski definition) is 1. The summed E-state index contributed by atoms with van der Waals surface area (Å²) in [7, 11) is 0. The van der Waals surface area contributed by atoms with Crippen LogP contribution in [0.5, 0.6) is 0 Å². The molecule has 1 aromatic heterocycles. The average molecular weight is 341 g/mol. The summed E-state index contributed by atoms with van der Waals surface area (Å²) in [5.41, 5.74) is 0.927. The van der Waals surface area contributed by atoms with Crippen molar-refractivity contribution >= 4 is 11.6 Å². The summed E-state index contributed by atoms with van der Waals surface area (Å²) in [6, 6.07) is 9.95. The van der Waals surface area contributed by atoms with E-state index in [1.54, 1.807) is 28.9 Å². The molecule has 0 spiro atoms. The number of tetrazole rings is 1. The van der Waals surface area contributed by atoms with Gasteiger partial charge >= 0.3 is 0 Å². The number of carbonyl (C=O) groups is 1. The van der Waals surface area contributed by atoms with Crippen molar-refractivity contribution in [2.75, 3.05) is 5.32 Å². The highest BCUT2D eigenvalue weighted by molar-refractivity contribution is 6.04. The Morgan fingerprint density at radius 3 is 2.60 bits per heavy atom. The predicted octanol–water partition coefficient (Wildman–Crippen LogP) is 3.21. The van der Waals surface area contributed by atoms with E-state index in [4.69, 9.17) is 0 Å². The predicted molar refractivity (Wildman–Crippen MR) is 85.8 cm³/mol. The van der Waals surface area contributed by atoms with Crippen molar-refractivity contribution in [2.45, 2.75) is 18.9 Å². The van der Waals surface area contributed by atoms with Gasteiger partial charge < -0.3 is 5.32 Å². The molecule has 1 amide bonds. The molecule has 0 aliphatic heterocycles. The molecular formula is C17H13F2N5O. The van der Waals surface area contributed by atoms with Gasteiger partial charge in [0.2, 0.25) is 0 Å². The summed E-state index contributed by atoms with van der Waals surface area (Å²) in [6.45, 7) is 0. The molecule has 3 aromatic rings. The second kappa shape index (κ2) is 6.04. The Kier molecular flexibility index (Phi) is 3.72. The molecule has 8 heteroatoms. The van der Waals surface area contributed by atoms with Crippen molar-refractivity contribution in [1.82, 2.24) is 20.2 Å². The SMILES string of the molecule is O=C(Nc1ccc(-c2nnnn2C2CC2)cc1)c1cc(F)ccc1F. The first-order valence-electron chi connectivity index (χ1n) is 7.76. The molecule has 1 aliphatic rings. The molecule has 6 nitrogen and oxygen atoms in total. The first kappa shape index (κ1) is 15.4. The fourth-order valence-electron chi connectivity index (χ4n) is 2.52. The van der Waals surface area contributed by atoms with Gasteiger partial charge in [-0.3, -0.25) is 4.79 Å². The van der Waals surface area contributed by atoms with E-state index in [9.17, 15) is 13.6 Å². The molecule has 1 aliphatic carbocycles. The van der Waals surface area contributed by atoms with E-state index in [0.29, 0.717) is 17.6 Å². The maximum Gasteiger partial charge on any atom is 0.258 e. The van der Waals surface area contributed by atoms with Crippen molar-refractivity contribution in [3.8, 4) is 11.4 Å². The Morgan fingerprint density at radius 2 is 1.88 bits per heavy atom. The number of carbonyl (C=O) groups excluding carboxylic acids is 1. The van der Waals surface area contributed by atoms with E-state index >= 15 is 0 Å². The fraction of sp³-hybridized carbons (Fsp3) is 0.176. The zero-order valence-electron chi connectivity index (χ0n) is 13.0. The third kappa shape index (κ3) is 3.10. The second-order valence-corrected chi connectivity index (χ2v) is 5.83. The van der Waals surface area contributed by atoms with Crippen molar-refractivity contribution in [2.24, 2.45) is 0 Å². The quantitative estimate of drug-likeness (QED) is 0.791. The summed E-state index contributed by atoms with van der Waals surface area (Å²) >= 11 is 0. The van der Waals surface area contributed by atoms with E-state index < -0.39 is 17.5 Å². The Labute approximate surface area is 141 Å². The Balaban J connectivity index is 1.53. The van der Waals surface area contributed by atoms with Gasteiger partial charge in [0.05, 0.1) is 11.6 Å². The molecule has 0 unspecified atom stereocenters. The van der Waals surface area contributed by atoms with Crippen LogP contribution >= 0.6 is 0 Å². The van der Waals surface area contributed by atoms with Crippen molar-refractivity contribution in [3.05, 3.63) is 59.7 Å². The molecule has 1 N–H and O–H groups in total. The van der Waals surface area contributed by atoms with Crippen LogP contribution in [-0.2, 0) is 0 Å². The van der Waals surface area contributed by atoms with Gasteiger partial charge in [0.25, 0.3) is 5.91 Å². The highest BCUT2D eigenvalue weighted by atomic mass is 19.1. The molecule has 0 bridgehead atoms. The molecule has 0 radical (unpaired) electrons. The largest absolute Gasteiger partial charge is 0.322 e. The molecule has 25 heavy (non-hydrogen) atoms. The fourth-order valence-corrected chi connectivity index (χ4v) is 2.52. The standard InChI is InChI=1S/C17H13F2N5O/c18-11-3-8-15(19)14(9-11)17(25)20-12-4-1-10(2-5-12)16-21-22-23-24(16)13-6-7-13/h1-5,8-9,13H,6-7H2,(H,20,25). The van der Waals surface area contributed by atoms with Crippen molar-refractivity contribution < 1.29 is 13.6 Å². The highest BCUT2D eigenvalue weighted by Crippen LogP contribution is 2.36. The van der Waals surface area contributed by atoms with E-state index in [-0.39, 0.29) is 5.56 Å². The van der Waals surface area contributed by atoms with E-state index in [2.05, 4.69) is 20.8 Å². The molecule has 1 saturated carbocycles. The first-order valence-corrected chi connectivity index (χ1v) is 7.76. The van der Waals surface area contributed by atoms with Crippen molar-refractivity contribution in [3.63, 3.8) is 0 Å². The lowest BCUT2D eigenvalue weighted by Gasteiger charge is -2.08.